The van der Waals surface area contributed by atoms with Gasteiger partial charge in [-0.1, -0.05) is 11.6 Å². The Kier molecular flexibility index (Phi) is 6.59. The van der Waals surface area contributed by atoms with Crippen molar-refractivity contribution in [2.75, 3.05) is 17.2 Å². The molecule has 132 valence electrons. The molecule has 0 aliphatic rings. The highest BCUT2D eigenvalue weighted by atomic mass is 35.5. The SMILES string of the molecule is CC(=O)Nc1cc(NC(=O)CCCNC(=O)c2ccco2)ccc1Cl. The Morgan fingerprint density at radius 1 is 1.16 bits per heavy atom. The second-order valence-corrected chi connectivity index (χ2v) is 5.67. The number of benzene rings is 1. The molecule has 8 heteroatoms. The topological polar surface area (TPSA) is 100 Å². The number of carbonyl (C=O) groups is 3. The van der Waals surface area contributed by atoms with Gasteiger partial charge in [-0.2, -0.15) is 0 Å². The molecule has 0 fully saturated rings. The van der Waals surface area contributed by atoms with E-state index < -0.39 is 0 Å². The van der Waals surface area contributed by atoms with Gasteiger partial charge >= 0.3 is 0 Å². The van der Waals surface area contributed by atoms with Crippen LogP contribution in [0.3, 0.4) is 0 Å². The minimum absolute atomic E-state index is 0.205. The fourth-order valence-corrected chi connectivity index (χ4v) is 2.22. The van der Waals surface area contributed by atoms with E-state index in [-0.39, 0.29) is 29.9 Å². The first-order valence-electron chi connectivity index (χ1n) is 7.64. The summed E-state index contributed by atoms with van der Waals surface area (Å²) in [4.78, 5) is 34.7. The molecule has 0 unspecified atom stereocenters. The molecule has 0 aliphatic heterocycles. The minimum atomic E-state index is -0.317. The van der Waals surface area contributed by atoms with Crippen molar-refractivity contribution in [3.63, 3.8) is 0 Å². The quantitative estimate of drug-likeness (QED) is 0.658. The highest BCUT2D eigenvalue weighted by Crippen LogP contribution is 2.25. The maximum Gasteiger partial charge on any atom is 0.286 e. The van der Waals surface area contributed by atoms with Gasteiger partial charge in [0.1, 0.15) is 0 Å². The van der Waals surface area contributed by atoms with Crippen LogP contribution in [0.15, 0.2) is 41.0 Å². The number of rotatable bonds is 7. The van der Waals surface area contributed by atoms with Crippen molar-refractivity contribution < 1.29 is 18.8 Å². The predicted molar refractivity (Wildman–Crippen MR) is 94.7 cm³/mol. The van der Waals surface area contributed by atoms with E-state index >= 15 is 0 Å². The second kappa shape index (κ2) is 8.89. The predicted octanol–water partition coefficient (Wildman–Crippen LogP) is 3.04. The van der Waals surface area contributed by atoms with E-state index in [1.165, 1.54) is 13.2 Å². The molecule has 0 spiro atoms. The van der Waals surface area contributed by atoms with Gasteiger partial charge in [-0.15, -0.1) is 0 Å². The summed E-state index contributed by atoms with van der Waals surface area (Å²) in [5, 5.41) is 8.35. The van der Waals surface area contributed by atoms with Crippen LogP contribution in [-0.2, 0) is 9.59 Å². The van der Waals surface area contributed by atoms with E-state index in [9.17, 15) is 14.4 Å². The first-order valence-corrected chi connectivity index (χ1v) is 8.02. The number of anilines is 2. The Hall–Kier alpha value is -2.80. The van der Waals surface area contributed by atoms with Gasteiger partial charge in [0.2, 0.25) is 11.8 Å². The van der Waals surface area contributed by atoms with Crippen molar-refractivity contribution in [1.29, 1.82) is 0 Å². The van der Waals surface area contributed by atoms with Crippen molar-refractivity contribution in [1.82, 2.24) is 5.32 Å². The molecule has 25 heavy (non-hydrogen) atoms. The Balaban J connectivity index is 1.76. The van der Waals surface area contributed by atoms with Crippen LogP contribution in [0.4, 0.5) is 11.4 Å². The molecule has 7 nitrogen and oxygen atoms in total. The normalized spacial score (nSPS) is 10.2. The van der Waals surface area contributed by atoms with Crippen LogP contribution in [0.1, 0.15) is 30.3 Å². The van der Waals surface area contributed by atoms with Crippen molar-refractivity contribution >= 4 is 40.7 Å². The zero-order valence-corrected chi connectivity index (χ0v) is 14.4. The number of halogens is 1. The third kappa shape index (κ3) is 5.96. The Labute approximate surface area is 149 Å². The Morgan fingerprint density at radius 3 is 2.64 bits per heavy atom. The highest BCUT2D eigenvalue weighted by Gasteiger charge is 2.09. The smallest absolute Gasteiger partial charge is 0.286 e. The van der Waals surface area contributed by atoms with Crippen LogP contribution < -0.4 is 16.0 Å². The van der Waals surface area contributed by atoms with E-state index in [1.54, 1.807) is 30.3 Å². The molecule has 1 aromatic carbocycles. The van der Waals surface area contributed by atoms with E-state index in [4.69, 9.17) is 16.0 Å². The summed E-state index contributed by atoms with van der Waals surface area (Å²) in [6.07, 6.45) is 2.13. The molecule has 1 aromatic heterocycles. The minimum Gasteiger partial charge on any atom is -0.459 e. The zero-order valence-electron chi connectivity index (χ0n) is 13.6. The fourth-order valence-electron chi connectivity index (χ4n) is 2.06. The molecule has 0 atom stereocenters. The number of furan rings is 1. The highest BCUT2D eigenvalue weighted by molar-refractivity contribution is 6.33. The van der Waals surface area contributed by atoms with Gasteiger partial charge in [-0.05, 0) is 36.8 Å². The molecule has 0 bridgehead atoms. The standard InChI is InChI=1S/C17H18ClN3O4/c1-11(22)20-14-10-12(6-7-13(14)18)21-16(23)5-2-8-19-17(24)15-4-3-9-25-15/h3-4,6-7,9-10H,2,5,8H2,1H3,(H,19,24)(H,20,22)(H,21,23). The molecular weight excluding hydrogens is 346 g/mol. The van der Waals surface area contributed by atoms with Crippen LogP contribution in [0.5, 0.6) is 0 Å². The van der Waals surface area contributed by atoms with Gasteiger partial charge in [0.15, 0.2) is 5.76 Å². The molecule has 2 aromatic rings. The summed E-state index contributed by atoms with van der Waals surface area (Å²) >= 11 is 5.98. The van der Waals surface area contributed by atoms with Crippen LogP contribution in [0.2, 0.25) is 5.02 Å². The second-order valence-electron chi connectivity index (χ2n) is 5.26. The van der Waals surface area contributed by atoms with Gasteiger partial charge < -0.3 is 20.4 Å². The monoisotopic (exact) mass is 363 g/mol. The lowest BCUT2D eigenvalue weighted by atomic mass is 10.2. The Morgan fingerprint density at radius 2 is 1.96 bits per heavy atom. The van der Waals surface area contributed by atoms with E-state index in [0.717, 1.165) is 0 Å². The van der Waals surface area contributed by atoms with Crippen LogP contribution in [0.25, 0.3) is 0 Å². The van der Waals surface area contributed by atoms with E-state index in [1.807, 2.05) is 0 Å². The van der Waals surface area contributed by atoms with Gasteiger partial charge in [-0.3, -0.25) is 14.4 Å². The van der Waals surface area contributed by atoms with Crippen LogP contribution in [-0.4, -0.2) is 24.3 Å². The number of hydrogen-bond acceptors (Lipinski definition) is 4. The van der Waals surface area contributed by atoms with Crippen molar-refractivity contribution in [3.05, 3.63) is 47.4 Å². The molecule has 3 amide bonds. The van der Waals surface area contributed by atoms with Gasteiger partial charge in [0.05, 0.1) is 17.0 Å². The molecule has 1 heterocycles. The van der Waals surface area contributed by atoms with Gasteiger partial charge in [0.25, 0.3) is 5.91 Å². The Bertz CT molecular complexity index is 759. The van der Waals surface area contributed by atoms with Crippen molar-refractivity contribution in [2.24, 2.45) is 0 Å². The number of carbonyl (C=O) groups excluding carboxylic acids is 3. The summed E-state index contributed by atoms with van der Waals surface area (Å²) in [7, 11) is 0. The fraction of sp³-hybridized carbons (Fsp3) is 0.235. The van der Waals surface area contributed by atoms with Gasteiger partial charge in [-0.25, -0.2) is 0 Å². The average molecular weight is 364 g/mol. The summed E-state index contributed by atoms with van der Waals surface area (Å²) < 4.78 is 4.97. The molecular formula is C17H18ClN3O4. The lowest BCUT2D eigenvalue weighted by Crippen LogP contribution is -2.25. The molecule has 2 rings (SSSR count). The summed E-state index contributed by atoms with van der Waals surface area (Å²) in [5.74, 6) is -0.541. The van der Waals surface area contributed by atoms with E-state index in [2.05, 4.69) is 16.0 Å². The summed E-state index contributed by atoms with van der Waals surface area (Å²) in [6, 6.07) is 8.01. The van der Waals surface area contributed by atoms with Gasteiger partial charge in [0, 0.05) is 25.6 Å². The molecule has 0 saturated carbocycles. The molecule has 0 radical (unpaired) electrons. The first kappa shape index (κ1) is 18.5. The maximum atomic E-state index is 11.9. The van der Waals surface area contributed by atoms with Crippen LogP contribution >= 0.6 is 11.6 Å². The third-order valence-corrected chi connectivity index (χ3v) is 3.50. The lowest BCUT2D eigenvalue weighted by molar-refractivity contribution is -0.116. The number of nitrogens with one attached hydrogen (secondary N) is 3. The largest absolute Gasteiger partial charge is 0.459 e. The summed E-state index contributed by atoms with van der Waals surface area (Å²) in [6.45, 7) is 1.73. The lowest BCUT2D eigenvalue weighted by Gasteiger charge is -2.09. The van der Waals surface area contributed by atoms with Crippen LogP contribution in [0, 0.1) is 0 Å². The average Bonchev–Trinajstić information content (AvgIpc) is 3.08. The molecule has 3 N–H and O–H groups in total. The number of amides is 3. The molecule has 0 saturated heterocycles. The summed E-state index contributed by atoms with van der Waals surface area (Å²) in [5.41, 5.74) is 0.954. The maximum absolute atomic E-state index is 11.9. The first-order chi connectivity index (χ1) is 12.0. The number of hydrogen-bond donors (Lipinski definition) is 3. The van der Waals surface area contributed by atoms with Crippen molar-refractivity contribution in [3.8, 4) is 0 Å². The molecule has 0 aliphatic carbocycles. The third-order valence-electron chi connectivity index (χ3n) is 3.17. The zero-order chi connectivity index (χ0) is 18.2. The van der Waals surface area contributed by atoms with Crippen molar-refractivity contribution in [2.45, 2.75) is 19.8 Å². The van der Waals surface area contributed by atoms with E-state index in [0.29, 0.717) is 29.4 Å².